The maximum atomic E-state index is 13.7. The van der Waals surface area contributed by atoms with Crippen LogP contribution in [0.25, 0.3) is 45.1 Å². The Morgan fingerprint density at radius 1 is 1.00 bits per heavy atom. The Morgan fingerprint density at radius 3 is 2.38 bits per heavy atom. The maximum absolute atomic E-state index is 13.7. The van der Waals surface area contributed by atoms with E-state index in [9.17, 15) is 9.18 Å². The van der Waals surface area contributed by atoms with Gasteiger partial charge in [-0.3, -0.25) is 9.78 Å². The zero-order valence-corrected chi connectivity index (χ0v) is 19.0. The minimum absolute atomic E-state index is 0.175. The van der Waals surface area contributed by atoms with E-state index < -0.39 is 0 Å². The Hall–Kier alpha value is -4.40. The van der Waals surface area contributed by atoms with Crippen molar-refractivity contribution in [3.63, 3.8) is 0 Å². The molecule has 0 aliphatic heterocycles. The number of aryl methyl sites for hydroxylation is 2. The van der Waals surface area contributed by atoms with E-state index in [4.69, 9.17) is 9.97 Å². The molecule has 0 aliphatic carbocycles. The summed E-state index contributed by atoms with van der Waals surface area (Å²) >= 11 is 0. The zero-order chi connectivity index (χ0) is 23.8. The molecule has 5 rings (SSSR count). The lowest BCUT2D eigenvalue weighted by Gasteiger charge is -2.10. The Labute approximate surface area is 195 Å². The van der Waals surface area contributed by atoms with Crippen molar-refractivity contribution in [3.8, 4) is 33.9 Å². The number of aromatic nitrogens is 6. The molecule has 5 aromatic rings. The molecular weight excluding hydrogens is 433 g/mol. The Kier molecular flexibility index (Phi) is 5.37. The molecular formula is C25H22FN7O. The van der Waals surface area contributed by atoms with Crippen molar-refractivity contribution < 1.29 is 9.18 Å². The van der Waals surface area contributed by atoms with Crippen LogP contribution in [0.2, 0.25) is 0 Å². The number of hydrogen-bond acceptors (Lipinski definition) is 5. The molecule has 0 fully saturated rings. The molecule has 0 spiro atoms. The van der Waals surface area contributed by atoms with Crippen molar-refractivity contribution in [1.82, 2.24) is 29.1 Å². The van der Waals surface area contributed by atoms with E-state index in [0.29, 0.717) is 34.9 Å². The standard InChI is InChI=1S/C25H22FN7O/c1-4-18(34)29-23-21(24-28-13-14-32(24)2)30-20-19(15-9-11-27-12-10-15)22(33(3)25(20)31-23)16-5-7-17(26)8-6-16/h5-14H,4H2,1-3H3,(H,29,31,34). The van der Waals surface area contributed by atoms with Gasteiger partial charge in [0.05, 0.1) is 5.69 Å². The van der Waals surface area contributed by atoms with E-state index in [-0.39, 0.29) is 11.7 Å². The largest absolute Gasteiger partial charge is 0.333 e. The molecule has 0 radical (unpaired) electrons. The predicted octanol–water partition coefficient (Wildman–Crippen LogP) is 4.59. The third-order valence-corrected chi connectivity index (χ3v) is 5.70. The Morgan fingerprint density at radius 2 is 1.74 bits per heavy atom. The first-order valence-electron chi connectivity index (χ1n) is 10.8. The number of amides is 1. The van der Waals surface area contributed by atoms with Gasteiger partial charge in [0.15, 0.2) is 17.3 Å². The van der Waals surface area contributed by atoms with Crippen molar-refractivity contribution in [1.29, 1.82) is 0 Å². The van der Waals surface area contributed by atoms with Gasteiger partial charge in [0.1, 0.15) is 17.0 Å². The van der Waals surface area contributed by atoms with Crippen molar-refractivity contribution in [2.75, 3.05) is 5.32 Å². The van der Waals surface area contributed by atoms with E-state index in [2.05, 4.69) is 15.3 Å². The summed E-state index contributed by atoms with van der Waals surface area (Å²) < 4.78 is 17.4. The first-order chi connectivity index (χ1) is 16.5. The number of halogens is 1. The maximum Gasteiger partial charge on any atom is 0.225 e. The molecule has 34 heavy (non-hydrogen) atoms. The minimum Gasteiger partial charge on any atom is -0.333 e. The van der Waals surface area contributed by atoms with Gasteiger partial charge in [-0.15, -0.1) is 0 Å². The third-order valence-electron chi connectivity index (χ3n) is 5.70. The molecule has 0 saturated heterocycles. The van der Waals surface area contributed by atoms with E-state index >= 15 is 0 Å². The van der Waals surface area contributed by atoms with Crippen LogP contribution < -0.4 is 5.32 Å². The smallest absolute Gasteiger partial charge is 0.225 e. The van der Waals surface area contributed by atoms with Gasteiger partial charge < -0.3 is 14.5 Å². The first-order valence-corrected chi connectivity index (χ1v) is 10.8. The van der Waals surface area contributed by atoms with Crippen LogP contribution >= 0.6 is 0 Å². The molecule has 0 bridgehead atoms. The van der Waals surface area contributed by atoms with Crippen molar-refractivity contribution in [2.24, 2.45) is 14.1 Å². The summed E-state index contributed by atoms with van der Waals surface area (Å²) in [5.74, 6) is 0.423. The van der Waals surface area contributed by atoms with E-state index in [0.717, 1.165) is 22.4 Å². The van der Waals surface area contributed by atoms with Crippen LogP contribution in [0.4, 0.5) is 10.2 Å². The molecule has 1 N–H and O–H groups in total. The Bertz CT molecular complexity index is 1500. The van der Waals surface area contributed by atoms with Crippen molar-refractivity contribution in [3.05, 3.63) is 67.0 Å². The van der Waals surface area contributed by atoms with Crippen LogP contribution in [-0.4, -0.2) is 35.0 Å². The molecule has 0 saturated carbocycles. The summed E-state index contributed by atoms with van der Waals surface area (Å²) in [7, 11) is 3.74. The number of anilines is 1. The van der Waals surface area contributed by atoms with Gasteiger partial charge in [-0.2, -0.15) is 0 Å². The van der Waals surface area contributed by atoms with Gasteiger partial charge in [-0.1, -0.05) is 6.92 Å². The predicted molar refractivity (Wildman–Crippen MR) is 128 cm³/mol. The van der Waals surface area contributed by atoms with Crippen LogP contribution in [0.3, 0.4) is 0 Å². The summed E-state index contributed by atoms with van der Waals surface area (Å²) in [5, 5.41) is 2.87. The van der Waals surface area contributed by atoms with Gasteiger partial charge in [-0.05, 0) is 47.5 Å². The summed E-state index contributed by atoms with van der Waals surface area (Å²) in [6.45, 7) is 1.78. The number of pyridine rings is 1. The van der Waals surface area contributed by atoms with Crippen molar-refractivity contribution >= 4 is 22.9 Å². The number of rotatable bonds is 5. The summed E-state index contributed by atoms with van der Waals surface area (Å²) in [6, 6.07) is 10.1. The quantitative estimate of drug-likeness (QED) is 0.419. The first kappa shape index (κ1) is 21.4. The molecule has 1 aromatic carbocycles. The minimum atomic E-state index is -0.314. The lowest BCUT2D eigenvalue weighted by Crippen LogP contribution is -2.14. The van der Waals surface area contributed by atoms with Crippen LogP contribution in [0.1, 0.15) is 13.3 Å². The number of imidazole rings is 1. The molecule has 8 nitrogen and oxygen atoms in total. The fraction of sp³-hybridized carbons (Fsp3) is 0.160. The fourth-order valence-electron chi connectivity index (χ4n) is 4.01. The monoisotopic (exact) mass is 455 g/mol. The van der Waals surface area contributed by atoms with Crippen LogP contribution in [0, 0.1) is 5.82 Å². The van der Waals surface area contributed by atoms with Crippen molar-refractivity contribution in [2.45, 2.75) is 13.3 Å². The number of hydrogen-bond donors (Lipinski definition) is 1. The number of carbonyl (C=O) groups excluding carboxylic acids is 1. The van der Waals surface area contributed by atoms with Gasteiger partial charge in [-0.25, -0.2) is 19.3 Å². The van der Waals surface area contributed by atoms with Crippen LogP contribution in [0.15, 0.2) is 61.2 Å². The molecule has 1 amide bonds. The molecule has 4 aromatic heterocycles. The number of carbonyl (C=O) groups is 1. The highest BCUT2D eigenvalue weighted by Gasteiger charge is 2.25. The second kappa shape index (κ2) is 8.51. The van der Waals surface area contributed by atoms with Gasteiger partial charge >= 0.3 is 0 Å². The molecule has 0 atom stereocenters. The average Bonchev–Trinajstić information content (AvgIpc) is 3.40. The number of fused-ring (bicyclic) bond motifs is 1. The van der Waals surface area contributed by atoms with E-state index in [1.807, 2.05) is 41.6 Å². The molecule has 9 heteroatoms. The topological polar surface area (TPSA) is 90.5 Å². The SMILES string of the molecule is CCC(=O)Nc1nc2c(nc1-c1nccn1C)c(-c1ccncc1)c(-c1ccc(F)cc1)n2C. The van der Waals surface area contributed by atoms with Gasteiger partial charge in [0.2, 0.25) is 5.91 Å². The lowest BCUT2D eigenvalue weighted by molar-refractivity contribution is -0.115. The molecule has 4 heterocycles. The summed E-state index contributed by atoms with van der Waals surface area (Å²) in [6.07, 6.45) is 7.21. The highest BCUT2D eigenvalue weighted by Crippen LogP contribution is 2.40. The second-order valence-electron chi connectivity index (χ2n) is 7.88. The van der Waals surface area contributed by atoms with Gasteiger partial charge in [0, 0.05) is 50.9 Å². The lowest BCUT2D eigenvalue weighted by atomic mass is 10.0. The van der Waals surface area contributed by atoms with Gasteiger partial charge in [0.25, 0.3) is 0 Å². The van der Waals surface area contributed by atoms with Crippen LogP contribution in [0.5, 0.6) is 0 Å². The highest BCUT2D eigenvalue weighted by atomic mass is 19.1. The number of benzene rings is 1. The van der Waals surface area contributed by atoms with E-state index in [1.54, 1.807) is 37.6 Å². The molecule has 0 aliphatic rings. The average molecular weight is 455 g/mol. The highest BCUT2D eigenvalue weighted by molar-refractivity contribution is 6.03. The van der Waals surface area contributed by atoms with Crippen LogP contribution in [-0.2, 0) is 18.9 Å². The molecule has 170 valence electrons. The molecule has 0 unspecified atom stereocenters. The second-order valence-corrected chi connectivity index (χ2v) is 7.88. The zero-order valence-electron chi connectivity index (χ0n) is 19.0. The van der Waals surface area contributed by atoms with E-state index in [1.165, 1.54) is 12.1 Å². The normalized spacial score (nSPS) is 11.2. The number of nitrogens with one attached hydrogen (secondary N) is 1. The number of nitrogens with zero attached hydrogens (tertiary/aromatic N) is 6. The Balaban J connectivity index is 1.88. The third kappa shape index (κ3) is 3.61. The summed E-state index contributed by atoms with van der Waals surface area (Å²) in [4.78, 5) is 30.7. The fourth-order valence-corrected chi connectivity index (χ4v) is 4.01. The summed E-state index contributed by atoms with van der Waals surface area (Å²) in [5.41, 5.74) is 5.05.